The van der Waals surface area contributed by atoms with E-state index < -0.39 is 0 Å². The van der Waals surface area contributed by atoms with Gasteiger partial charge in [-0.1, -0.05) is 19.3 Å². The van der Waals surface area contributed by atoms with Crippen molar-refractivity contribution in [2.75, 3.05) is 26.2 Å². The van der Waals surface area contributed by atoms with Crippen LogP contribution < -0.4 is 5.32 Å². The molecule has 2 heterocycles. The lowest BCUT2D eigenvalue weighted by molar-refractivity contribution is 0.0921. The number of aliphatic hydroxyl groups is 1. The van der Waals surface area contributed by atoms with E-state index in [1.54, 1.807) is 24.5 Å². The Bertz CT molecular complexity index is 502. The van der Waals surface area contributed by atoms with Crippen LogP contribution in [0.15, 0.2) is 24.5 Å². The van der Waals surface area contributed by atoms with Gasteiger partial charge in [0, 0.05) is 56.2 Å². The molecule has 0 spiro atoms. The van der Waals surface area contributed by atoms with Gasteiger partial charge in [0.1, 0.15) is 0 Å². The predicted octanol–water partition coefficient (Wildman–Crippen LogP) is 1.68. The molecule has 2 aliphatic rings. The molecular weight excluding hydrogens is 290 g/mol. The number of aromatic nitrogens is 1. The average molecular weight is 317 g/mol. The van der Waals surface area contributed by atoms with Gasteiger partial charge in [0.15, 0.2) is 0 Å². The predicted molar refractivity (Wildman–Crippen MR) is 89.1 cm³/mol. The highest BCUT2D eigenvalue weighted by Gasteiger charge is 2.34. The zero-order chi connectivity index (χ0) is 16.1. The molecule has 2 fully saturated rings. The van der Waals surface area contributed by atoms with Crippen LogP contribution >= 0.6 is 0 Å². The van der Waals surface area contributed by atoms with Gasteiger partial charge in [0.2, 0.25) is 0 Å². The van der Waals surface area contributed by atoms with Gasteiger partial charge in [-0.05, 0) is 30.9 Å². The number of pyridine rings is 1. The average Bonchev–Trinajstić information content (AvgIpc) is 2.98. The van der Waals surface area contributed by atoms with E-state index in [1.807, 2.05) is 0 Å². The van der Waals surface area contributed by atoms with Crippen LogP contribution in [0, 0.1) is 11.8 Å². The summed E-state index contributed by atoms with van der Waals surface area (Å²) in [6.45, 7) is 2.97. The molecule has 0 bridgehead atoms. The van der Waals surface area contributed by atoms with Gasteiger partial charge >= 0.3 is 0 Å². The summed E-state index contributed by atoms with van der Waals surface area (Å²) >= 11 is 0. The Labute approximate surface area is 138 Å². The topological polar surface area (TPSA) is 65.5 Å². The minimum absolute atomic E-state index is 0.0317. The molecule has 5 nitrogen and oxygen atoms in total. The van der Waals surface area contributed by atoms with Gasteiger partial charge in [-0.3, -0.25) is 9.78 Å². The number of amides is 1. The second-order valence-corrected chi connectivity index (χ2v) is 6.98. The van der Waals surface area contributed by atoms with Crippen molar-refractivity contribution in [3.05, 3.63) is 30.1 Å². The number of rotatable bonds is 5. The number of carbonyl (C=O) groups is 1. The molecule has 23 heavy (non-hydrogen) atoms. The third-order valence-corrected chi connectivity index (χ3v) is 5.25. The Morgan fingerprint density at radius 1 is 1.22 bits per heavy atom. The van der Waals surface area contributed by atoms with E-state index in [1.165, 1.54) is 32.1 Å². The fourth-order valence-electron chi connectivity index (χ4n) is 3.95. The molecule has 1 aliphatic carbocycles. The van der Waals surface area contributed by atoms with Crippen LogP contribution in [0.4, 0.5) is 0 Å². The Morgan fingerprint density at radius 3 is 2.65 bits per heavy atom. The standard InChI is InChI=1S/C18H27N3O2/c22-13-16-11-21(10-14-4-2-1-3-5-14)12-17(16)20-18(23)15-6-8-19-9-7-15/h6-9,14,16-17,22H,1-5,10-13H2,(H,20,23)/t16-,17+/m0/s1. The summed E-state index contributed by atoms with van der Waals surface area (Å²) in [5.74, 6) is 0.845. The summed E-state index contributed by atoms with van der Waals surface area (Å²) in [4.78, 5) is 18.7. The fraction of sp³-hybridized carbons (Fsp3) is 0.667. The van der Waals surface area contributed by atoms with Crippen molar-refractivity contribution >= 4 is 5.91 Å². The molecule has 1 saturated carbocycles. The van der Waals surface area contributed by atoms with Gasteiger partial charge < -0.3 is 15.3 Å². The molecule has 0 aromatic carbocycles. The first-order chi connectivity index (χ1) is 11.3. The Kier molecular flexibility index (Phi) is 5.62. The van der Waals surface area contributed by atoms with E-state index in [0.717, 1.165) is 25.6 Å². The molecule has 0 unspecified atom stereocenters. The van der Waals surface area contributed by atoms with Crippen molar-refractivity contribution in [3.63, 3.8) is 0 Å². The number of likely N-dealkylation sites (tertiary alicyclic amines) is 1. The molecule has 1 amide bonds. The van der Waals surface area contributed by atoms with Crippen molar-refractivity contribution in [1.29, 1.82) is 0 Å². The zero-order valence-electron chi connectivity index (χ0n) is 13.7. The molecule has 1 saturated heterocycles. The molecular formula is C18H27N3O2. The van der Waals surface area contributed by atoms with E-state index in [2.05, 4.69) is 15.2 Å². The number of aliphatic hydroxyl groups excluding tert-OH is 1. The largest absolute Gasteiger partial charge is 0.396 e. The van der Waals surface area contributed by atoms with Crippen molar-refractivity contribution in [1.82, 2.24) is 15.2 Å². The Balaban J connectivity index is 1.55. The van der Waals surface area contributed by atoms with Crippen LogP contribution in [0.1, 0.15) is 42.5 Å². The summed E-state index contributed by atoms with van der Waals surface area (Å²) < 4.78 is 0. The fourth-order valence-corrected chi connectivity index (χ4v) is 3.95. The first-order valence-corrected chi connectivity index (χ1v) is 8.80. The number of nitrogens with one attached hydrogen (secondary N) is 1. The normalized spacial score (nSPS) is 26.3. The van der Waals surface area contributed by atoms with Crippen LogP contribution in [0.25, 0.3) is 0 Å². The first kappa shape index (κ1) is 16.4. The smallest absolute Gasteiger partial charge is 0.251 e. The van der Waals surface area contributed by atoms with Gasteiger partial charge in [0.05, 0.1) is 0 Å². The highest BCUT2D eigenvalue weighted by Crippen LogP contribution is 2.27. The van der Waals surface area contributed by atoms with Crippen LogP contribution in [0.3, 0.4) is 0 Å². The molecule has 1 aromatic heterocycles. The second-order valence-electron chi connectivity index (χ2n) is 6.98. The number of hydrogen-bond acceptors (Lipinski definition) is 4. The monoisotopic (exact) mass is 317 g/mol. The van der Waals surface area contributed by atoms with Crippen LogP contribution in [-0.2, 0) is 0 Å². The van der Waals surface area contributed by atoms with E-state index in [9.17, 15) is 9.90 Å². The van der Waals surface area contributed by atoms with Crippen molar-refractivity contribution in [2.45, 2.75) is 38.1 Å². The lowest BCUT2D eigenvalue weighted by Crippen LogP contribution is -2.41. The van der Waals surface area contributed by atoms with Crippen molar-refractivity contribution in [3.8, 4) is 0 Å². The van der Waals surface area contributed by atoms with Gasteiger partial charge in [0.25, 0.3) is 5.91 Å². The van der Waals surface area contributed by atoms with E-state index in [4.69, 9.17) is 0 Å². The van der Waals surface area contributed by atoms with Gasteiger partial charge in [-0.15, -0.1) is 0 Å². The van der Waals surface area contributed by atoms with Gasteiger partial charge in [-0.25, -0.2) is 0 Å². The highest BCUT2D eigenvalue weighted by atomic mass is 16.3. The van der Waals surface area contributed by atoms with E-state index >= 15 is 0 Å². The Hall–Kier alpha value is -1.46. The van der Waals surface area contributed by atoms with E-state index in [-0.39, 0.29) is 24.5 Å². The first-order valence-electron chi connectivity index (χ1n) is 8.80. The molecule has 2 atom stereocenters. The number of hydrogen-bond donors (Lipinski definition) is 2. The number of nitrogens with zero attached hydrogens (tertiary/aromatic N) is 2. The maximum Gasteiger partial charge on any atom is 0.251 e. The quantitative estimate of drug-likeness (QED) is 0.867. The van der Waals surface area contributed by atoms with Crippen LogP contribution in [-0.4, -0.2) is 53.2 Å². The Morgan fingerprint density at radius 2 is 1.96 bits per heavy atom. The minimum Gasteiger partial charge on any atom is -0.396 e. The highest BCUT2D eigenvalue weighted by molar-refractivity contribution is 5.94. The second kappa shape index (κ2) is 7.88. The number of carbonyl (C=O) groups excluding carboxylic acids is 1. The maximum absolute atomic E-state index is 12.3. The lowest BCUT2D eigenvalue weighted by atomic mass is 9.89. The molecule has 3 rings (SSSR count). The molecule has 5 heteroatoms. The molecule has 1 aliphatic heterocycles. The third kappa shape index (κ3) is 4.30. The molecule has 1 aromatic rings. The summed E-state index contributed by atoms with van der Waals surface area (Å²) in [6.07, 6.45) is 9.99. The minimum atomic E-state index is -0.0737. The van der Waals surface area contributed by atoms with E-state index in [0.29, 0.717) is 5.56 Å². The molecule has 2 N–H and O–H groups in total. The van der Waals surface area contributed by atoms with Crippen LogP contribution in [0.5, 0.6) is 0 Å². The SMILES string of the molecule is O=C(N[C@@H]1CN(CC2CCCCC2)C[C@H]1CO)c1ccncc1. The summed E-state index contributed by atoms with van der Waals surface area (Å²) in [5.41, 5.74) is 0.627. The van der Waals surface area contributed by atoms with Crippen molar-refractivity contribution < 1.29 is 9.90 Å². The summed E-state index contributed by atoms with van der Waals surface area (Å²) in [5, 5.41) is 12.8. The summed E-state index contributed by atoms with van der Waals surface area (Å²) in [7, 11) is 0. The maximum atomic E-state index is 12.3. The third-order valence-electron chi connectivity index (χ3n) is 5.25. The van der Waals surface area contributed by atoms with Gasteiger partial charge in [-0.2, -0.15) is 0 Å². The molecule has 0 radical (unpaired) electrons. The molecule has 126 valence electrons. The van der Waals surface area contributed by atoms with Crippen molar-refractivity contribution in [2.24, 2.45) is 11.8 Å². The lowest BCUT2D eigenvalue weighted by Gasteiger charge is -2.26. The van der Waals surface area contributed by atoms with Crippen LogP contribution in [0.2, 0.25) is 0 Å². The summed E-state index contributed by atoms with van der Waals surface area (Å²) in [6, 6.07) is 3.47. The zero-order valence-corrected chi connectivity index (χ0v) is 13.7.